The van der Waals surface area contributed by atoms with Crippen LogP contribution in [0.2, 0.25) is 0 Å². The Morgan fingerprint density at radius 3 is 2.24 bits per heavy atom. The van der Waals surface area contributed by atoms with Gasteiger partial charge in [-0.1, -0.05) is 44.8 Å². The van der Waals surface area contributed by atoms with E-state index in [4.69, 9.17) is 0 Å². The third-order valence-corrected chi connectivity index (χ3v) is 4.62. The first-order valence-corrected chi connectivity index (χ1v) is 9.03. The van der Waals surface area contributed by atoms with E-state index < -0.39 is 0 Å². The van der Waals surface area contributed by atoms with Gasteiger partial charge in [0.1, 0.15) is 5.82 Å². The predicted octanol–water partition coefficient (Wildman–Crippen LogP) is 6.20. The van der Waals surface area contributed by atoms with Crippen molar-refractivity contribution in [2.75, 3.05) is 6.54 Å². The largest absolute Gasteiger partial charge is 0.306 e. The number of rotatable bonds is 5. The standard InChI is InChI=1S/C16H15Br3FN/c1-2-5-21-16(10-3-4-15(20)14(19)8-10)11-6-12(17)9-13(18)7-11/h3-4,6-9,16,21H,2,5H2,1H3. The molecule has 2 aromatic carbocycles. The van der Waals surface area contributed by atoms with Gasteiger partial charge in [-0.05, 0) is 70.4 Å². The summed E-state index contributed by atoms with van der Waals surface area (Å²) in [6.45, 7) is 3.02. The molecule has 5 heteroatoms. The monoisotopic (exact) mass is 477 g/mol. The van der Waals surface area contributed by atoms with Crippen molar-refractivity contribution in [3.8, 4) is 0 Å². The summed E-state index contributed by atoms with van der Waals surface area (Å²) in [6.07, 6.45) is 1.04. The lowest BCUT2D eigenvalue weighted by atomic mass is 9.98. The highest BCUT2D eigenvalue weighted by atomic mass is 79.9. The molecule has 0 aromatic heterocycles. The van der Waals surface area contributed by atoms with Crippen LogP contribution in [-0.2, 0) is 0 Å². The number of nitrogens with one attached hydrogen (secondary N) is 1. The van der Waals surface area contributed by atoms with E-state index in [9.17, 15) is 4.39 Å². The minimum atomic E-state index is -0.247. The molecule has 0 heterocycles. The second kappa shape index (κ2) is 7.86. The van der Waals surface area contributed by atoms with Gasteiger partial charge in [0, 0.05) is 8.95 Å². The quantitative estimate of drug-likeness (QED) is 0.538. The Kier molecular flexibility index (Phi) is 6.41. The molecule has 0 radical (unpaired) electrons. The van der Waals surface area contributed by atoms with E-state index in [1.54, 1.807) is 0 Å². The van der Waals surface area contributed by atoms with Gasteiger partial charge in [-0.2, -0.15) is 0 Å². The molecule has 1 unspecified atom stereocenters. The van der Waals surface area contributed by atoms with Crippen LogP contribution in [0.4, 0.5) is 4.39 Å². The molecule has 0 fully saturated rings. The molecule has 112 valence electrons. The molecule has 0 aliphatic carbocycles. The third kappa shape index (κ3) is 4.62. The summed E-state index contributed by atoms with van der Waals surface area (Å²) >= 11 is 10.3. The molecule has 0 aliphatic heterocycles. The number of halogens is 4. The second-order valence-corrected chi connectivity index (χ2v) is 7.45. The normalized spacial score (nSPS) is 12.4. The third-order valence-electron chi connectivity index (χ3n) is 3.09. The maximum absolute atomic E-state index is 13.5. The number of benzene rings is 2. The van der Waals surface area contributed by atoms with Crippen LogP contribution in [0.3, 0.4) is 0 Å². The van der Waals surface area contributed by atoms with Gasteiger partial charge < -0.3 is 5.32 Å². The van der Waals surface area contributed by atoms with Crippen molar-refractivity contribution in [3.05, 3.63) is 66.8 Å². The topological polar surface area (TPSA) is 12.0 Å². The number of hydrogen-bond acceptors (Lipinski definition) is 1. The van der Waals surface area contributed by atoms with E-state index in [0.717, 1.165) is 33.0 Å². The summed E-state index contributed by atoms with van der Waals surface area (Å²) in [5, 5.41) is 3.52. The minimum Gasteiger partial charge on any atom is -0.306 e. The van der Waals surface area contributed by atoms with Gasteiger partial charge in [0.2, 0.25) is 0 Å². The predicted molar refractivity (Wildman–Crippen MR) is 96.1 cm³/mol. The highest BCUT2D eigenvalue weighted by molar-refractivity contribution is 9.11. The van der Waals surface area contributed by atoms with Crippen LogP contribution in [0.15, 0.2) is 49.8 Å². The molecule has 0 spiro atoms. The SMILES string of the molecule is CCCNC(c1cc(Br)cc(Br)c1)c1ccc(F)c(Br)c1. The second-order valence-electron chi connectivity index (χ2n) is 4.76. The zero-order valence-corrected chi connectivity index (χ0v) is 16.2. The fourth-order valence-corrected chi connectivity index (χ4v) is 3.88. The molecule has 2 aromatic rings. The van der Waals surface area contributed by atoms with Crippen LogP contribution in [-0.4, -0.2) is 6.54 Å². The average molecular weight is 480 g/mol. The molecule has 0 bridgehead atoms. The molecular weight excluding hydrogens is 465 g/mol. The van der Waals surface area contributed by atoms with E-state index in [1.165, 1.54) is 6.07 Å². The van der Waals surface area contributed by atoms with Gasteiger partial charge in [0.15, 0.2) is 0 Å². The molecule has 21 heavy (non-hydrogen) atoms. The van der Waals surface area contributed by atoms with Crippen molar-refractivity contribution in [1.29, 1.82) is 0 Å². The van der Waals surface area contributed by atoms with Crippen LogP contribution >= 0.6 is 47.8 Å². The van der Waals surface area contributed by atoms with Crippen molar-refractivity contribution in [2.45, 2.75) is 19.4 Å². The van der Waals surface area contributed by atoms with Gasteiger partial charge in [0.05, 0.1) is 10.5 Å². The van der Waals surface area contributed by atoms with Crippen molar-refractivity contribution in [3.63, 3.8) is 0 Å². The van der Waals surface area contributed by atoms with Crippen LogP contribution < -0.4 is 5.32 Å². The Labute approximate surface area is 149 Å². The summed E-state index contributed by atoms with van der Waals surface area (Å²) in [5.41, 5.74) is 2.16. The molecule has 0 amide bonds. The van der Waals surface area contributed by atoms with Crippen molar-refractivity contribution < 1.29 is 4.39 Å². The molecule has 0 saturated carbocycles. The summed E-state index contributed by atoms with van der Waals surface area (Å²) in [6, 6.07) is 11.3. The highest BCUT2D eigenvalue weighted by Crippen LogP contribution is 2.30. The van der Waals surface area contributed by atoms with Crippen LogP contribution in [0.5, 0.6) is 0 Å². The van der Waals surface area contributed by atoms with E-state index in [0.29, 0.717) is 4.47 Å². The maximum Gasteiger partial charge on any atom is 0.137 e. The van der Waals surface area contributed by atoms with E-state index in [1.807, 2.05) is 18.2 Å². The fraction of sp³-hybridized carbons (Fsp3) is 0.250. The lowest BCUT2D eigenvalue weighted by Gasteiger charge is -2.20. The van der Waals surface area contributed by atoms with E-state index in [2.05, 4.69) is 72.2 Å². The number of hydrogen-bond donors (Lipinski definition) is 1. The maximum atomic E-state index is 13.5. The Balaban J connectivity index is 2.43. The van der Waals surface area contributed by atoms with Gasteiger partial charge in [-0.15, -0.1) is 0 Å². The zero-order valence-electron chi connectivity index (χ0n) is 11.5. The Hall–Kier alpha value is -0.230. The first kappa shape index (κ1) is 17.1. The Morgan fingerprint density at radius 2 is 1.67 bits per heavy atom. The van der Waals surface area contributed by atoms with Crippen molar-refractivity contribution in [1.82, 2.24) is 5.32 Å². The Morgan fingerprint density at radius 1 is 1.00 bits per heavy atom. The molecule has 0 aliphatic rings. The first-order valence-electron chi connectivity index (χ1n) is 6.65. The summed E-state index contributed by atoms with van der Waals surface area (Å²) < 4.78 is 16.0. The molecule has 1 N–H and O–H groups in total. The van der Waals surface area contributed by atoms with E-state index >= 15 is 0 Å². The zero-order chi connectivity index (χ0) is 15.4. The van der Waals surface area contributed by atoms with Gasteiger partial charge in [-0.3, -0.25) is 0 Å². The lowest BCUT2D eigenvalue weighted by molar-refractivity contribution is 0.590. The minimum absolute atomic E-state index is 0.0237. The van der Waals surface area contributed by atoms with Crippen LogP contribution in [0.1, 0.15) is 30.5 Å². The van der Waals surface area contributed by atoms with Crippen LogP contribution in [0.25, 0.3) is 0 Å². The van der Waals surface area contributed by atoms with Gasteiger partial charge in [-0.25, -0.2) is 4.39 Å². The molecule has 1 nitrogen and oxygen atoms in total. The first-order chi connectivity index (χ1) is 10.0. The van der Waals surface area contributed by atoms with Gasteiger partial charge >= 0.3 is 0 Å². The smallest absolute Gasteiger partial charge is 0.137 e. The highest BCUT2D eigenvalue weighted by Gasteiger charge is 2.16. The van der Waals surface area contributed by atoms with E-state index in [-0.39, 0.29) is 11.9 Å². The van der Waals surface area contributed by atoms with Crippen LogP contribution in [0, 0.1) is 5.82 Å². The average Bonchev–Trinajstić information content (AvgIpc) is 2.42. The molecular formula is C16H15Br3FN. The van der Waals surface area contributed by atoms with Crippen molar-refractivity contribution >= 4 is 47.8 Å². The lowest BCUT2D eigenvalue weighted by Crippen LogP contribution is -2.23. The molecule has 0 saturated heterocycles. The van der Waals surface area contributed by atoms with Crippen molar-refractivity contribution in [2.24, 2.45) is 0 Å². The van der Waals surface area contributed by atoms with Gasteiger partial charge in [0.25, 0.3) is 0 Å². The summed E-state index contributed by atoms with van der Waals surface area (Å²) in [7, 11) is 0. The summed E-state index contributed by atoms with van der Waals surface area (Å²) in [4.78, 5) is 0. The fourth-order valence-electron chi connectivity index (χ4n) is 2.15. The molecule has 2 rings (SSSR count). The molecule has 1 atom stereocenters. The summed E-state index contributed by atoms with van der Waals surface area (Å²) in [5.74, 6) is -0.247. The Bertz CT molecular complexity index is 611.